The minimum Gasteiger partial charge on any atom is -0.337 e. The normalized spacial score (nSPS) is 24.1. The number of likely N-dealkylation sites (tertiary alicyclic amines) is 2. The molecule has 2 bridgehead atoms. The van der Waals surface area contributed by atoms with Crippen LogP contribution in [0.25, 0.3) is 0 Å². The first-order valence-corrected chi connectivity index (χ1v) is 8.88. The van der Waals surface area contributed by atoms with E-state index in [1.807, 2.05) is 4.90 Å². The van der Waals surface area contributed by atoms with Gasteiger partial charge in [-0.15, -0.1) is 11.3 Å². The second kappa shape index (κ2) is 6.06. The molecule has 0 radical (unpaired) electrons. The van der Waals surface area contributed by atoms with Crippen molar-refractivity contribution in [2.75, 3.05) is 19.6 Å². The van der Waals surface area contributed by atoms with E-state index in [-0.39, 0.29) is 11.7 Å². The summed E-state index contributed by atoms with van der Waals surface area (Å²) in [6.45, 7) is 3.56. The summed E-state index contributed by atoms with van der Waals surface area (Å²) >= 11 is 1.79. The largest absolute Gasteiger partial charge is 0.337 e. The summed E-state index contributed by atoms with van der Waals surface area (Å²) < 4.78 is 13.4. The van der Waals surface area contributed by atoms with Gasteiger partial charge in [-0.05, 0) is 42.0 Å². The van der Waals surface area contributed by atoms with E-state index in [4.69, 9.17) is 0 Å². The predicted octanol–water partition coefficient (Wildman–Crippen LogP) is 3.23. The summed E-state index contributed by atoms with van der Waals surface area (Å²) in [5, 5.41) is 2.11. The molecular weight excluding hydrogens is 311 g/mol. The number of thiophene rings is 1. The van der Waals surface area contributed by atoms with Gasteiger partial charge in [-0.25, -0.2) is 4.39 Å². The van der Waals surface area contributed by atoms with E-state index >= 15 is 0 Å². The highest BCUT2D eigenvalue weighted by Gasteiger charge is 2.40. The van der Waals surface area contributed by atoms with Crippen molar-refractivity contribution in [3.63, 3.8) is 0 Å². The van der Waals surface area contributed by atoms with E-state index < -0.39 is 0 Å². The van der Waals surface area contributed by atoms with Gasteiger partial charge < -0.3 is 4.90 Å². The number of carbonyl (C=O) groups is 1. The third-order valence-electron chi connectivity index (χ3n) is 4.82. The van der Waals surface area contributed by atoms with Crippen LogP contribution in [0.1, 0.15) is 21.7 Å². The van der Waals surface area contributed by atoms with Gasteiger partial charge in [0.05, 0.1) is 0 Å². The lowest BCUT2D eigenvalue weighted by Gasteiger charge is -2.33. The van der Waals surface area contributed by atoms with Crippen molar-refractivity contribution in [1.82, 2.24) is 9.80 Å². The summed E-state index contributed by atoms with van der Waals surface area (Å²) in [6, 6.07) is 10.7. The van der Waals surface area contributed by atoms with Crippen LogP contribution in [0.5, 0.6) is 0 Å². The van der Waals surface area contributed by atoms with Gasteiger partial charge in [0.15, 0.2) is 0 Å². The Bertz CT molecular complexity index is 703. The lowest BCUT2D eigenvalue weighted by atomic mass is 9.99. The summed E-state index contributed by atoms with van der Waals surface area (Å²) in [7, 11) is 0. The van der Waals surface area contributed by atoms with Crippen molar-refractivity contribution >= 4 is 17.2 Å². The van der Waals surface area contributed by atoms with Crippen LogP contribution in [0.4, 0.5) is 4.39 Å². The van der Waals surface area contributed by atoms with Crippen LogP contribution in [-0.2, 0) is 6.54 Å². The van der Waals surface area contributed by atoms with Gasteiger partial charge in [0.2, 0.25) is 0 Å². The molecule has 0 saturated carbocycles. The Morgan fingerprint density at radius 1 is 1.22 bits per heavy atom. The average Bonchev–Trinajstić information content (AvgIpc) is 3.15. The molecule has 1 amide bonds. The molecule has 0 N–H and O–H groups in total. The number of amides is 1. The molecule has 2 aliphatic rings. The van der Waals surface area contributed by atoms with Crippen molar-refractivity contribution in [2.24, 2.45) is 5.92 Å². The minimum atomic E-state index is -0.352. The van der Waals surface area contributed by atoms with E-state index in [0.29, 0.717) is 17.5 Å². The molecule has 2 aliphatic heterocycles. The number of hydrogen-bond donors (Lipinski definition) is 0. The van der Waals surface area contributed by atoms with Gasteiger partial charge in [-0.1, -0.05) is 12.1 Å². The number of hydrogen-bond acceptors (Lipinski definition) is 3. The maximum Gasteiger partial charge on any atom is 0.254 e. The molecule has 2 saturated heterocycles. The van der Waals surface area contributed by atoms with Crippen LogP contribution in [-0.4, -0.2) is 41.4 Å². The fourth-order valence-electron chi connectivity index (χ4n) is 3.82. The monoisotopic (exact) mass is 330 g/mol. The predicted molar refractivity (Wildman–Crippen MR) is 88.9 cm³/mol. The zero-order valence-corrected chi connectivity index (χ0v) is 13.6. The number of halogens is 1. The summed E-state index contributed by atoms with van der Waals surface area (Å²) in [4.78, 5) is 18.4. The van der Waals surface area contributed by atoms with Gasteiger partial charge in [0, 0.05) is 42.7 Å². The highest BCUT2D eigenvalue weighted by atomic mass is 32.1. The Labute approximate surface area is 139 Å². The quantitative estimate of drug-likeness (QED) is 0.863. The first-order chi connectivity index (χ1) is 11.2. The molecule has 2 atom stereocenters. The number of piperidine rings is 1. The Balaban J connectivity index is 1.46. The fraction of sp³-hybridized carbons (Fsp3) is 0.389. The summed E-state index contributed by atoms with van der Waals surface area (Å²) in [5.41, 5.74) is 0.455. The number of fused-ring (bicyclic) bond motifs is 2. The molecule has 2 aromatic rings. The Morgan fingerprint density at radius 3 is 2.91 bits per heavy atom. The number of benzene rings is 1. The number of nitrogens with zero attached hydrogens (tertiary/aromatic N) is 2. The zero-order chi connectivity index (χ0) is 15.8. The Kier molecular flexibility index (Phi) is 3.91. The molecule has 1 aromatic carbocycles. The van der Waals surface area contributed by atoms with Crippen LogP contribution in [0.3, 0.4) is 0 Å². The maximum absolute atomic E-state index is 13.4. The van der Waals surface area contributed by atoms with Crippen LogP contribution in [0.15, 0.2) is 41.8 Å². The topological polar surface area (TPSA) is 23.6 Å². The van der Waals surface area contributed by atoms with Crippen molar-refractivity contribution in [3.8, 4) is 0 Å². The number of carbonyl (C=O) groups excluding carboxylic acids is 1. The fourth-order valence-corrected chi connectivity index (χ4v) is 4.55. The molecule has 5 heteroatoms. The summed E-state index contributed by atoms with van der Waals surface area (Å²) in [5.74, 6) is 0.138. The molecule has 1 aromatic heterocycles. The van der Waals surface area contributed by atoms with E-state index in [1.165, 1.54) is 17.0 Å². The maximum atomic E-state index is 13.4. The summed E-state index contributed by atoms with van der Waals surface area (Å²) in [6.07, 6.45) is 1.16. The van der Waals surface area contributed by atoms with Gasteiger partial charge in [0.1, 0.15) is 5.82 Å². The zero-order valence-electron chi connectivity index (χ0n) is 12.8. The molecule has 3 nitrogen and oxygen atoms in total. The lowest BCUT2D eigenvalue weighted by Crippen LogP contribution is -2.45. The lowest BCUT2D eigenvalue weighted by molar-refractivity contribution is 0.0667. The highest BCUT2D eigenvalue weighted by Crippen LogP contribution is 2.32. The molecule has 0 spiro atoms. The molecule has 0 unspecified atom stereocenters. The first-order valence-electron chi connectivity index (χ1n) is 8.00. The van der Waals surface area contributed by atoms with Gasteiger partial charge >= 0.3 is 0 Å². The SMILES string of the molecule is O=C(c1cccc(F)c1)N1C[C@H]2C[C@@H](C1)N(Cc1cccs1)C2. The molecule has 0 aliphatic carbocycles. The standard InChI is InChI=1S/C18H19FN2OS/c19-15-4-1-3-14(8-15)18(22)21-10-13-7-16(11-21)20(9-13)12-17-5-2-6-23-17/h1-6,8,13,16H,7,9-12H2/t13-,16-/m0/s1. The Morgan fingerprint density at radius 2 is 2.13 bits per heavy atom. The van der Waals surface area contributed by atoms with Gasteiger partial charge in [-0.2, -0.15) is 0 Å². The van der Waals surface area contributed by atoms with Crippen LogP contribution in [0.2, 0.25) is 0 Å². The smallest absolute Gasteiger partial charge is 0.254 e. The second-order valence-electron chi connectivity index (χ2n) is 6.48. The van der Waals surface area contributed by atoms with Crippen LogP contribution >= 0.6 is 11.3 Å². The highest BCUT2D eigenvalue weighted by molar-refractivity contribution is 7.09. The van der Waals surface area contributed by atoms with Crippen molar-refractivity contribution in [3.05, 3.63) is 58.0 Å². The molecule has 2 fully saturated rings. The number of rotatable bonds is 3. The van der Waals surface area contributed by atoms with Crippen LogP contribution < -0.4 is 0 Å². The molecule has 4 rings (SSSR count). The van der Waals surface area contributed by atoms with E-state index in [0.717, 1.165) is 32.6 Å². The minimum absolute atomic E-state index is 0.0443. The van der Waals surface area contributed by atoms with Crippen molar-refractivity contribution in [1.29, 1.82) is 0 Å². The Hall–Kier alpha value is -1.72. The van der Waals surface area contributed by atoms with Gasteiger partial charge in [-0.3, -0.25) is 9.69 Å². The van der Waals surface area contributed by atoms with Crippen LogP contribution in [0, 0.1) is 11.7 Å². The third kappa shape index (κ3) is 3.03. The van der Waals surface area contributed by atoms with Crippen molar-refractivity contribution < 1.29 is 9.18 Å². The average molecular weight is 330 g/mol. The third-order valence-corrected chi connectivity index (χ3v) is 5.68. The van der Waals surface area contributed by atoms with E-state index in [1.54, 1.807) is 23.5 Å². The molecule has 23 heavy (non-hydrogen) atoms. The van der Waals surface area contributed by atoms with E-state index in [9.17, 15) is 9.18 Å². The molecule has 120 valence electrons. The van der Waals surface area contributed by atoms with Gasteiger partial charge in [0.25, 0.3) is 5.91 Å². The first kappa shape index (κ1) is 14.8. The molecular formula is C18H19FN2OS. The van der Waals surface area contributed by atoms with E-state index in [2.05, 4.69) is 22.4 Å². The van der Waals surface area contributed by atoms with Crippen molar-refractivity contribution in [2.45, 2.75) is 19.0 Å². The molecule has 3 heterocycles. The second-order valence-corrected chi connectivity index (χ2v) is 7.52.